The molecule has 6 heteroatoms. The summed E-state index contributed by atoms with van der Waals surface area (Å²) in [5.74, 6) is 0.822. The average molecular weight is 359 g/mol. The Bertz CT molecular complexity index is 847. The van der Waals surface area contributed by atoms with E-state index in [9.17, 15) is 13.2 Å². The van der Waals surface area contributed by atoms with Crippen molar-refractivity contribution in [3.05, 3.63) is 54.1 Å². The largest absolute Gasteiger partial charge is 0.494 e. The Labute approximate surface area is 147 Å². The minimum Gasteiger partial charge on any atom is -0.494 e. The Morgan fingerprint density at radius 2 is 1.80 bits per heavy atom. The number of hydrogen-bond acceptors (Lipinski definition) is 4. The van der Waals surface area contributed by atoms with Crippen molar-refractivity contribution >= 4 is 21.4 Å². The summed E-state index contributed by atoms with van der Waals surface area (Å²) < 4.78 is 30.0. The third-order valence-electron chi connectivity index (χ3n) is 4.16. The molecule has 3 rings (SSSR count). The summed E-state index contributed by atoms with van der Waals surface area (Å²) in [4.78, 5) is 11.8. The molecule has 2 aromatic rings. The number of benzene rings is 2. The lowest BCUT2D eigenvalue weighted by Gasteiger charge is -2.17. The lowest BCUT2D eigenvalue weighted by Crippen LogP contribution is -2.18. The second kappa shape index (κ2) is 7.70. The normalized spacial score (nSPS) is 13.8. The van der Waals surface area contributed by atoms with Gasteiger partial charge >= 0.3 is 0 Å². The summed E-state index contributed by atoms with van der Waals surface area (Å²) in [7, 11) is -3.23. The summed E-state index contributed by atoms with van der Waals surface area (Å²) in [5, 5.41) is 2.84. The highest BCUT2D eigenvalue weighted by Gasteiger charge is 2.15. The molecule has 0 bridgehead atoms. The van der Waals surface area contributed by atoms with Gasteiger partial charge in [-0.1, -0.05) is 24.3 Å². The number of unbranched alkanes of at least 4 members (excludes halogenated alkanes) is 1. The van der Waals surface area contributed by atoms with Gasteiger partial charge in [-0.05, 0) is 43.0 Å². The van der Waals surface area contributed by atoms with E-state index >= 15 is 0 Å². The van der Waals surface area contributed by atoms with Gasteiger partial charge in [0.2, 0.25) is 5.91 Å². The summed E-state index contributed by atoms with van der Waals surface area (Å²) >= 11 is 0. The topological polar surface area (TPSA) is 72.5 Å². The molecule has 0 aromatic heterocycles. The molecular weight excluding hydrogens is 338 g/mol. The third-order valence-corrected chi connectivity index (χ3v) is 5.97. The number of aryl methyl sites for hydroxylation is 1. The van der Waals surface area contributed by atoms with Crippen molar-refractivity contribution in [2.75, 3.05) is 17.7 Å². The maximum Gasteiger partial charge on any atom is 0.224 e. The number of rotatable bonds is 7. The van der Waals surface area contributed by atoms with Crippen molar-refractivity contribution in [3.8, 4) is 5.75 Å². The highest BCUT2D eigenvalue weighted by atomic mass is 32.2. The van der Waals surface area contributed by atoms with Crippen molar-refractivity contribution in [1.29, 1.82) is 0 Å². The summed E-state index contributed by atoms with van der Waals surface area (Å²) in [6, 6.07) is 14.2. The first-order chi connectivity index (χ1) is 12.0. The first kappa shape index (κ1) is 17.5. The van der Waals surface area contributed by atoms with E-state index in [0.29, 0.717) is 36.5 Å². The number of fused-ring (bicyclic) bond motifs is 1. The minimum atomic E-state index is -3.23. The van der Waals surface area contributed by atoms with Crippen molar-refractivity contribution in [1.82, 2.24) is 0 Å². The fourth-order valence-electron chi connectivity index (χ4n) is 2.77. The fourth-order valence-corrected chi connectivity index (χ4v) is 4.16. The van der Waals surface area contributed by atoms with Gasteiger partial charge in [0, 0.05) is 18.2 Å². The van der Waals surface area contributed by atoms with Crippen LogP contribution in [0.4, 0.5) is 5.69 Å². The fraction of sp³-hybridized carbons (Fsp3) is 0.316. The Balaban J connectivity index is 1.46. The number of carbonyl (C=O) groups excluding carboxylic acids is 1. The number of nitrogens with one attached hydrogen (secondary N) is 1. The maximum absolute atomic E-state index is 12.2. The molecule has 1 N–H and O–H groups in total. The second-order valence-electron chi connectivity index (χ2n) is 6.05. The van der Waals surface area contributed by atoms with Crippen LogP contribution >= 0.6 is 0 Å². The van der Waals surface area contributed by atoms with Crippen LogP contribution in [0.2, 0.25) is 0 Å². The van der Waals surface area contributed by atoms with Crippen LogP contribution in [0.15, 0.2) is 53.4 Å². The SMILES string of the molecule is O=C1CCc2ccc(OCCCCS(=O)(=O)c3ccccc3)cc2N1. The molecule has 0 saturated carbocycles. The smallest absolute Gasteiger partial charge is 0.224 e. The van der Waals surface area contributed by atoms with Crippen LogP contribution in [0.25, 0.3) is 0 Å². The van der Waals surface area contributed by atoms with Crippen LogP contribution in [-0.4, -0.2) is 26.7 Å². The second-order valence-corrected chi connectivity index (χ2v) is 8.16. The summed E-state index contributed by atoms with van der Waals surface area (Å²) in [5.41, 5.74) is 1.92. The molecule has 25 heavy (non-hydrogen) atoms. The Kier molecular flexibility index (Phi) is 5.38. The highest BCUT2D eigenvalue weighted by molar-refractivity contribution is 7.91. The van der Waals surface area contributed by atoms with Gasteiger partial charge in [0.25, 0.3) is 0 Å². The van der Waals surface area contributed by atoms with Gasteiger partial charge in [-0.2, -0.15) is 0 Å². The zero-order chi connectivity index (χ0) is 17.7. The van der Waals surface area contributed by atoms with Crippen LogP contribution in [-0.2, 0) is 21.1 Å². The van der Waals surface area contributed by atoms with Crippen LogP contribution < -0.4 is 10.1 Å². The van der Waals surface area contributed by atoms with Gasteiger partial charge in [-0.3, -0.25) is 4.79 Å². The zero-order valence-corrected chi connectivity index (χ0v) is 14.7. The number of carbonyl (C=O) groups is 1. The van der Waals surface area contributed by atoms with Gasteiger partial charge in [0.1, 0.15) is 5.75 Å². The van der Waals surface area contributed by atoms with Gasteiger partial charge in [0.05, 0.1) is 17.3 Å². The first-order valence-electron chi connectivity index (χ1n) is 8.38. The van der Waals surface area contributed by atoms with Crippen LogP contribution in [0.1, 0.15) is 24.8 Å². The van der Waals surface area contributed by atoms with Gasteiger partial charge in [-0.15, -0.1) is 0 Å². The van der Waals surface area contributed by atoms with Crippen LogP contribution in [0, 0.1) is 0 Å². The van der Waals surface area contributed by atoms with Crippen molar-refractivity contribution in [2.24, 2.45) is 0 Å². The number of sulfone groups is 1. The van der Waals surface area contributed by atoms with Gasteiger partial charge < -0.3 is 10.1 Å². The molecule has 0 atom stereocenters. The molecule has 0 spiro atoms. The molecule has 0 radical (unpaired) electrons. The third kappa shape index (κ3) is 4.60. The molecule has 2 aromatic carbocycles. The number of anilines is 1. The quantitative estimate of drug-likeness (QED) is 0.771. The van der Waals surface area contributed by atoms with E-state index in [0.717, 1.165) is 17.7 Å². The Morgan fingerprint density at radius 1 is 1.00 bits per heavy atom. The van der Waals surface area contributed by atoms with E-state index in [1.165, 1.54) is 0 Å². The van der Waals surface area contributed by atoms with E-state index in [1.54, 1.807) is 30.3 Å². The van der Waals surface area contributed by atoms with Gasteiger partial charge in [0.15, 0.2) is 9.84 Å². The molecule has 0 saturated heterocycles. The first-order valence-corrected chi connectivity index (χ1v) is 10.0. The number of amides is 1. The van der Waals surface area contributed by atoms with E-state index in [2.05, 4.69) is 5.32 Å². The molecule has 1 aliphatic heterocycles. The average Bonchev–Trinajstić information content (AvgIpc) is 2.62. The summed E-state index contributed by atoms with van der Waals surface area (Å²) in [6.07, 6.45) is 2.45. The molecule has 0 unspecified atom stereocenters. The van der Waals surface area contributed by atoms with E-state index in [4.69, 9.17) is 4.74 Å². The molecule has 1 amide bonds. The molecule has 1 aliphatic rings. The maximum atomic E-state index is 12.2. The zero-order valence-electron chi connectivity index (χ0n) is 13.9. The van der Waals surface area contributed by atoms with Crippen LogP contribution in [0.3, 0.4) is 0 Å². The van der Waals surface area contributed by atoms with Gasteiger partial charge in [-0.25, -0.2) is 8.42 Å². The standard InChI is InChI=1S/C19H21NO4S/c21-19-11-9-15-8-10-16(14-18(15)20-19)24-12-4-5-13-25(22,23)17-6-2-1-3-7-17/h1-3,6-8,10,14H,4-5,9,11-13H2,(H,20,21). The molecule has 0 aliphatic carbocycles. The van der Waals surface area contributed by atoms with E-state index in [-0.39, 0.29) is 11.7 Å². The van der Waals surface area contributed by atoms with E-state index in [1.807, 2.05) is 18.2 Å². The molecule has 1 heterocycles. The molecule has 5 nitrogen and oxygen atoms in total. The van der Waals surface area contributed by atoms with E-state index < -0.39 is 9.84 Å². The molecule has 132 valence electrons. The van der Waals surface area contributed by atoms with Crippen LogP contribution in [0.5, 0.6) is 5.75 Å². The molecular formula is C19H21NO4S. The lowest BCUT2D eigenvalue weighted by atomic mass is 10.0. The predicted octanol–water partition coefficient (Wildman–Crippen LogP) is 3.20. The predicted molar refractivity (Wildman–Crippen MR) is 96.6 cm³/mol. The summed E-state index contributed by atoms with van der Waals surface area (Å²) in [6.45, 7) is 0.442. The van der Waals surface area contributed by atoms with Crippen molar-refractivity contribution < 1.29 is 17.9 Å². The number of ether oxygens (including phenoxy) is 1. The monoisotopic (exact) mass is 359 g/mol. The highest BCUT2D eigenvalue weighted by Crippen LogP contribution is 2.27. The Hall–Kier alpha value is -2.34. The minimum absolute atomic E-state index is 0.0239. The molecule has 0 fully saturated rings. The van der Waals surface area contributed by atoms with Crippen molar-refractivity contribution in [3.63, 3.8) is 0 Å². The van der Waals surface area contributed by atoms with Crippen molar-refractivity contribution in [2.45, 2.75) is 30.6 Å². The Morgan fingerprint density at radius 3 is 2.60 bits per heavy atom. The lowest BCUT2D eigenvalue weighted by molar-refractivity contribution is -0.116. The number of hydrogen-bond donors (Lipinski definition) is 1.